The van der Waals surface area contributed by atoms with E-state index in [2.05, 4.69) is 5.43 Å². The van der Waals surface area contributed by atoms with Crippen LogP contribution in [0.1, 0.15) is 11.1 Å². The van der Waals surface area contributed by atoms with Crippen LogP contribution < -0.4 is 16.0 Å². The highest BCUT2D eigenvalue weighted by molar-refractivity contribution is 5.38. The summed E-state index contributed by atoms with van der Waals surface area (Å²) in [6, 6.07) is 10.9. The number of hydrazine groups is 1. The van der Waals surface area contributed by atoms with Crippen molar-refractivity contribution in [2.45, 2.75) is 25.0 Å². The van der Waals surface area contributed by atoms with E-state index in [4.69, 9.17) is 10.6 Å². The van der Waals surface area contributed by atoms with E-state index >= 15 is 0 Å². The van der Waals surface area contributed by atoms with Gasteiger partial charge in [-0.2, -0.15) is 0 Å². The highest BCUT2D eigenvalue weighted by atomic mass is 19.1. The molecule has 1 aliphatic heterocycles. The molecule has 0 aliphatic carbocycles. The number of fused-ring (bicyclic) bond motifs is 1. The molecule has 0 saturated carbocycles. The third-order valence-corrected chi connectivity index (χ3v) is 3.78. The first-order valence-electron chi connectivity index (χ1n) is 6.82. The molecule has 2 aromatic carbocycles. The fourth-order valence-electron chi connectivity index (χ4n) is 2.67. The van der Waals surface area contributed by atoms with Crippen molar-refractivity contribution in [2.24, 2.45) is 5.84 Å². The van der Waals surface area contributed by atoms with Crippen molar-refractivity contribution in [1.29, 1.82) is 0 Å². The van der Waals surface area contributed by atoms with Gasteiger partial charge in [0.15, 0.2) is 0 Å². The van der Waals surface area contributed by atoms with Crippen LogP contribution in [-0.4, -0.2) is 12.1 Å². The monoisotopic (exact) mass is 290 g/mol. The minimum Gasteiger partial charge on any atom is -0.488 e. The molecule has 2 atom stereocenters. The van der Waals surface area contributed by atoms with Gasteiger partial charge >= 0.3 is 0 Å². The van der Waals surface area contributed by atoms with Crippen molar-refractivity contribution in [3.05, 3.63) is 65.2 Å². The molecular weight excluding hydrogens is 274 g/mol. The van der Waals surface area contributed by atoms with E-state index in [9.17, 15) is 8.78 Å². The highest BCUT2D eigenvalue weighted by Crippen LogP contribution is 2.30. The van der Waals surface area contributed by atoms with Crippen molar-refractivity contribution < 1.29 is 13.5 Å². The fourth-order valence-corrected chi connectivity index (χ4v) is 2.67. The minimum atomic E-state index is -0.460. The normalized spacial score (nSPS) is 18.1. The minimum absolute atomic E-state index is 0.199. The van der Waals surface area contributed by atoms with Crippen LogP contribution in [0.15, 0.2) is 42.5 Å². The first-order valence-corrected chi connectivity index (χ1v) is 6.82. The Morgan fingerprint density at radius 3 is 2.81 bits per heavy atom. The van der Waals surface area contributed by atoms with Gasteiger partial charge in [-0.3, -0.25) is 11.3 Å². The van der Waals surface area contributed by atoms with Crippen LogP contribution >= 0.6 is 0 Å². The summed E-state index contributed by atoms with van der Waals surface area (Å²) >= 11 is 0. The van der Waals surface area contributed by atoms with Gasteiger partial charge in [0.2, 0.25) is 0 Å². The third kappa shape index (κ3) is 2.89. The Balaban J connectivity index is 1.76. The summed E-state index contributed by atoms with van der Waals surface area (Å²) in [6.07, 6.45) is 0.760. The molecule has 0 spiro atoms. The van der Waals surface area contributed by atoms with Crippen LogP contribution in [-0.2, 0) is 12.8 Å². The Hall–Kier alpha value is -1.98. The van der Waals surface area contributed by atoms with E-state index in [0.717, 1.165) is 23.4 Å². The Morgan fingerprint density at radius 1 is 1.24 bits per heavy atom. The first-order chi connectivity index (χ1) is 10.2. The number of ether oxygens (including phenoxy) is 1. The lowest BCUT2D eigenvalue weighted by Gasteiger charge is -2.22. The lowest BCUT2D eigenvalue weighted by atomic mass is 9.98. The number of halogens is 2. The molecule has 1 heterocycles. The van der Waals surface area contributed by atoms with Crippen molar-refractivity contribution in [3.8, 4) is 5.75 Å². The molecule has 2 aromatic rings. The van der Waals surface area contributed by atoms with Crippen molar-refractivity contribution in [1.82, 2.24) is 5.43 Å². The molecule has 3 N–H and O–H groups in total. The third-order valence-electron chi connectivity index (χ3n) is 3.78. The second-order valence-corrected chi connectivity index (χ2v) is 5.18. The lowest BCUT2D eigenvalue weighted by Crippen LogP contribution is -2.47. The zero-order chi connectivity index (χ0) is 14.8. The summed E-state index contributed by atoms with van der Waals surface area (Å²) in [7, 11) is 0. The van der Waals surface area contributed by atoms with Gasteiger partial charge in [0.05, 0.1) is 6.04 Å². The molecule has 0 aromatic heterocycles. The number of nitrogens with one attached hydrogen (secondary N) is 1. The molecule has 5 heteroatoms. The van der Waals surface area contributed by atoms with Gasteiger partial charge in [-0.25, -0.2) is 8.78 Å². The van der Waals surface area contributed by atoms with Gasteiger partial charge in [0, 0.05) is 6.42 Å². The molecule has 0 amide bonds. The van der Waals surface area contributed by atoms with Crippen LogP contribution in [0.3, 0.4) is 0 Å². The Bertz CT molecular complexity index is 623. The lowest BCUT2D eigenvalue weighted by molar-refractivity contribution is 0.177. The maximum absolute atomic E-state index is 13.7. The second-order valence-electron chi connectivity index (χ2n) is 5.18. The van der Waals surface area contributed by atoms with E-state index in [1.165, 1.54) is 6.07 Å². The number of hydrogen-bond acceptors (Lipinski definition) is 3. The summed E-state index contributed by atoms with van der Waals surface area (Å²) in [4.78, 5) is 0. The van der Waals surface area contributed by atoms with Crippen LogP contribution in [0.2, 0.25) is 0 Å². The quantitative estimate of drug-likeness (QED) is 0.671. The predicted molar refractivity (Wildman–Crippen MR) is 75.7 cm³/mol. The summed E-state index contributed by atoms with van der Waals surface area (Å²) in [5, 5.41) is 0. The van der Waals surface area contributed by atoms with Crippen LogP contribution in [0.25, 0.3) is 0 Å². The molecule has 0 saturated heterocycles. The van der Waals surface area contributed by atoms with Gasteiger partial charge in [0.25, 0.3) is 0 Å². The Morgan fingerprint density at radius 2 is 2.05 bits per heavy atom. The first kappa shape index (κ1) is 14.0. The molecular formula is C16H16F2N2O. The number of benzene rings is 2. The van der Waals surface area contributed by atoms with Crippen LogP contribution in [0, 0.1) is 11.6 Å². The highest BCUT2D eigenvalue weighted by Gasteiger charge is 2.30. The van der Waals surface area contributed by atoms with Crippen molar-refractivity contribution >= 4 is 0 Å². The summed E-state index contributed by atoms with van der Waals surface area (Å²) in [6.45, 7) is 0. The molecule has 110 valence electrons. The van der Waals surface area contributed by atoms with Gasteiger partial charge in [-0.05, 0) is 41.8 Å². The van der Waals surface area contributed by atoms with Gasteiger partial charge in [-0.15, -0.1) is 0 Å². The number of rotatable bonds is 4. The standard InChI is InChI=1S/C16H16F2N2O/c17-12-5-6-13(18)11(7-12)8-14(20-19)16-9-10-3-1-2-4-15(10)21-16/h1-7,14,16,20H,8-9,19H2. The number of para-hydroxylation sites is 1. The molecule has 2 unspecified atom stereocenters. The maximum atomic E-state index is 13.7. The summed E-state index contributed by atoms with van der Waals surface area (Å²) in [5.74, 6) is 5.50. The maximum Gasteiger partial charge on any atom is 0.126 e. The molecule has 0 radical (unpaired) electrons. The van der Waals surface area contributed by atoms with E-state index in [1.54, 1.807) is 0 Å². The largest absolute Gasteiger partial charge is 0.488 e. The number of hydrogen-bond donors (Lipinski definition) is 2. The molecule has 1 aliphatic rings. The van der Waals surface area contributed by atoms with Crippen LogP contribution in [0.4, 0.5) is 8.78 Å². The average molecular weight is 290 g/mol. The van der Waals surface area contributed by atoms with E-state index in [1.807, 2.05) is 24.3 Å². The zero-order valence-electron chi connectivity index (χ0n) is 11.4. The van der Waals surface area contributed by atoms with E-state index in [0.29, 0.717) is 6.42 Å². The Kier molecular flexibility index (Phi) is 3.86. The average Bonchev–Trinajstić information content (AvgIpc) is 2.91. The van der Waals surface area contributed by atoms with Gasteiger partial charge in [0.1, 0.15) is 23.5 Å². The summed E-state index contributed by atoms with van der Waals surface area (Å²) < 4.78 is 32.8. The smallest absolute Gasteiger partial charge is 0.126 e. The SMILES string of the molecule is NNC(Cc1cc(F)ccc1F)C1Cc2ccccc2O1. The molecule has 0 bridgehead atoms. The molecule has 0 fully saturated rings. The molecule has 3 rings (SSSR count). The fraction of sp³-hybridized carbons (Fsp3) is 0.250. The van der Waals surface area contributed by atoms with E-state index in [-0.39, 0.29) is 24.1 Å². The topological polar surface area (TPSA) is 47.3 Å². The second kappa shape index (κ2) is 5.79. The van der Waals surface area contributed by atoms with Gasteiger partial charge < -0.3 is 4.74 Å². The predicted octanol–water partition coefficient (Wildman–Crippen LogP) is 2.34. The molecule has 21 heavy (non-hydrogen) atoms. The van der Waals surface area contributed by atoms with E-state index < -0.39 is 11.6 Å². The zero-order valence-corrected chi connectivity index (χ0v) is 11.4. The molecule has 3 nitrogen and oxygen atoms in total. The summed E-state index contributed by atoms with van der Waals surface area (Å²) in [5.41, 5.74) is 4.05. The number of nitrogens with two attached hydrogens (primary N) is 1. The Labute approximate surface area is 121 Å². The van der Waals surface area contributed by atoms with Crippen molar-refractivity contribution in [3.63, 3.8) is 0 Å². The van der Waals surface area contributed by atoms with Crippen molar-refractivity contribution in [2.75, 3.05) is 0 Å². The van der Waals surface area contributed by atoms with Gasteiger partial charge in [-0.1, -0.05) is 18.2 Å². The van der Waals surface area contributed by atoms with Crippen LogP contribution in [0.5, 0.6) is 5.75 Å².